The van der Waals surface area contributed by atoms with E-state index in [4.69, 9.17) is 0 Å². The first-order valence-electron chi connectivity index (χ1n) is 6.86. The highest BCUT2D eigenvalue weighted by molar-refractivity contribution is 5.83. The molecule has 1 aromatic rings. The first-order chi connectivity index (χ1) is 9.70. The second-order valence-electron chi connectivity index (χ2n) is 5.62. The molecule has 0 saturated heterocycles. The number of aliphatic hydroxyl groups excluding tert-OH is 1. The zero-order valence-corrected chi connectivity index (χ0v) is 12.7. The summed E-state index contributed by atoms with van der Waals surface area (Å²) in [5.74, 6) is -0.276. The van der Waals surface area contributed by atoms with Gasteiger partial charge in [0.2, 0.25) is 5.91 Å². The fourth-order valence-electron chi connectivity index (χ4n) is 1.70. The van der Waals surface area contributed by atoms with Crippen molar-refractivity contribution in [2.24, 2.45) is 5.92 Å². The lowest BCUT2D eigenvalue weighted by Crippen LogP contribution is -2.47. The van der Waals surface area contributed by atoms with Gasteiger partial charge in [0.05, 0.1) is 11.0 Å². The molecule has 0 aliphatic rings. The first kappa shape index (κ1) is 17.1. The summed E-state index contributed by atoms with van der Waals surface area (Å²) in [6.45, 7) is 7.21. The van der Waals surface area contributed by atoms with Gasteiger partial charge in [0.15, 0.2) is 0 Å². The molecule has 0 aliphatic heterocycles. The van der Waals surface area contributed by atoms with Crippen molar-refractivity contribution in [2.45, 2.75) is 45.8 Å². The number of nitro groups is 1. The van der Waals surface area contributed by atoms with Gasteiger partial charge in [0.25, 0.3) is 0 Å². The number of hydrogen-bond donors (Lipinski definition) is 2. The van der Waals surface area contributed by atoms with E-state index in [9.17, 15) is 20.0 Å². The Hall–Kier alpha value is -1.96. The Morgan fingerprint density at radius 2 is 2.24 bits per heavy atom. The Balaban J connectivity index is 2.72. The zero-order valence-electron chi connectivity index (χ0n) is 12.7. The van der Waals surface area contributed by atoms with Gasteiger partial charge in [-0.2, -0.15) is 5.10 Å². The zero-order chi connectivity index (χ0) is 16.2. The summed E-state index contributed by atoms with van der Waals surface area (Å²) in [5.41, 5.74) is -1.25. The molecule has 0 bridgehead atoms. The lowest BCUT2D eigenvalue weighted by atomic mass is 10.0. The average molecular weight is 298 g/mol. The summed E-state index contributed by atoms with van der Waals surface area (Å²) in [4.78, 5) is 22.3. The molecular weight excluding hydrogens is 276 g/mol. The quantitative estimate of drug-likeness (QED) is 0.577. The van der Waals surface area contributed by atoms with E-state index in [-0.39, 0.29) is 24.1 Å². The molecule has 0 spiro atoms. The molecule has 8 heteroatoms. The van der Waals surface area contributed by atoms with Gasteiger partial charge < -0.3 is 10.4 Å². The highest BCUT2D eigenvalue weighted by Crippen LogP contribution is 2.18. The molecule has 2 atom stereocenters. The summed E-state index contributed by atoms with van der Waals surface area (Å²) in [5, 5.41) is 27.0. The molecular formula is C13H22N4O4. The van der Waals surface area contributed by atoms with E-state index in [1.54, 1.807) is 13.8 Å². The van der Waals surface area contributed by atoms with Crippen molar-refractivity contribution in [2.75, 3.05) is 6.54 Å². The van der Waals surface area contributed by atoms with Crippen LogP contribution < -0.4 is 5.32 Å². The molecule has 2 N–H and O–H groups in total. The fourth-order valence-corrected chi connectivity index (χ4v) is 1.70. The Bertz CT molecular complexity index is 512. The summed E-state index contributed by atoms with van der Waals surface area (Å²) in [6.07, 6.45) is 2.50. The third kappa shape index (κ3) is 4.01. The maximum Gasteiger partial charge on any atom is 0.307 e. The average Bonchev–Trinajstić information content (AvgIpc) is 2.93. The van der Waals surface area contributed by atoms with E-state index >= 15 is 0 Å². The van der Waals surface area contributed by atoms with Crippen molar-refractivity contribution in [3.8, 4) is 0 Å². The van der Waals surface area contributed by atoms with Crippen LogP contribution in [0.5, 0.6) is 0 Å². The Labute approximate surface area is 123 Å². The molecule has 1 amide bonds. The van der Waals surface area contributed by atoms with Gasteiger partial charge in [-0.15, -0.1) is 0 Å². The minimum absolute atomic E-state index is 0.0826. The third-order valence-electron chi connectivity index (χ3n) is 3.68. The largest absolute Gasteiger partial charge is 0.391 e. The monoisotopic (exact) mass is 298 g/mol. The number of carbonyl (C=O) groups is 1. The topological polar surface area (TPSA) is 110 Å². The van der Waals surface area contributed by atoms with Crippen LogP contribution in [0.2, 0.25) is 0 Å². The van der Waals surface area contributed by atoms with Gasteiger partial charge in [0, 0.05) is 6.54 Å². The molecule has 2 unspecified atom stereocenters. The Kier molecular flexibility index (Phi) is 5.42. The van der Waals surface area contributed by atoms with Crippen molar-refractivity contribution in [3.63, 3.8) is 0 Å². The number of aromatic nitrogens is 2. The predicted molar refractivity (Wildman–Crippen MR) is 76.7 cm³/mol. The minimum atomic E-state index is -1.08. The minimum Gasteiger partial charge on any atom is -0.391 e. The van der Waals surface area contributed by atoms with Crippen molar-refractivity contribution in [3.05, 3.63) is 22.5 Å². The highest BCUT2D eigenvalue weighted by atomic mass is 16.6. The molecule has 0 aliphatic carbocycles. The molecule has 0 radical (unpaired) electrons. The number of aliphatic hydroxyl groups is 1. The SMILES string of the molecule is CCC(C)C(O)CNC(=O)C(C)(C)n1cc([N+](=O)[O-])cn1. The van der Waals surface area contributed by atoms with Crippen LogP contribution in [0.25, 0.3) is 0 Å². The summed E-state index contributed by atoms with van der Waals surface area (Å²) >= 11 is 0. The number of nitrogens with one attached hydrogen (secondary N) is 1. The van der Waals surface area contributed by atoms with Gasteiger partial charge in [-0.05, 0) is 19.8 Å². The smallest absolute Gasteiger partial charge is 0.307 e. The van der Waals surface area contributed by atoms with Gasteiger partial charge >= 0.3 is 5.69 Å². The molecule has 118 valence electrons. The molecule has 1 heterocycles. The summed E-state index contributed by atoms with van der Waals surface area (Å²) < 4.78 is 1.25. The highest BCUT2D eigenvalue weighted by Gasteiger charge is 2.32. The number of amides is 1. The van der Waals surface area contributed by atoms with E-state index in [1.807, 2.05) is 13.8 Å². The van der Waals surface area contributed by atoms with E-state index in [0.29, 0.717) is 0 Å². The van der Waals surface area contributed by atoms with Crippen LogP contribution in [-0.2, 0) is 10.3 Å². The lowest BCUT2D eigenvalue weighted by Gasteiger charge is -2.25. The normalized spacial score (nSPS) is 14.5. The molecule has 8 nitrogen and oxygen atoms in total. The summed E-state index contributed by atoms with van der Waals surface area (Å²) in [6, 6.07) is 0. The second-order valence-corrected chi connectivity index (χ2v) is 5.62. The van der Waals surface area contributed by atoms with Crippen LogP contribution in [0.15, 0.2) is 12.4 Å². The molecule has 0 saturated carbocycles. The predicted octanol–water partition coefficient (Wildman–Crippen LogP) is 1.05. The van der Waals surface area contributed by atoms with Gasteiger partial charge in [-0.3, -0.25) is 19.6 Å². The van der Waals surface area contributed by atoms with Gasteiger partial charge in [0.1, 0.15) is 17.9 Å². The van der Waals surface area contributed by atoms with Crippen LogP contribution in [0.4, 0.5) is 5.69 Å². The third-order valence-corrected chi connectivity index (χ3v) is 3.68. The van der Waals surface area contributed by atoms with Crippen molar-refractivity contribution >= 4 is 11.6 Å². The molecule has 0 aromatic carbocycles. The number of rotatable bonds is 7. The maximum absolute atomic E-state index is 12.2. The van der Waals surface area contributed by atoms with Crippen LogP contribution in [-0.4, -0.2) is 38.4 Å². The second kappa shape index (κ2) is 6.66. The Morgan fingerprint density at radius 1 is 1.62 bits per heavy atom. The fraction of sp³-hybridized carbons (Fsp3) is 0.692. The van der Waals surface area contributed by atoms with E-state index in [1.165, 1.54) is 10.9 Å². The standard InChI is InChI=1S/C13H22N4O4/c1-5-9(2)11(18)7-14-12(19)13(3,4)16-8-10(6-15-16)17(20)21/h6,8-9,11,18H,5,7H2,1-4H3,(H,14,19). The van der Waals surface area contributed by atoms with Crippen molar-refractivity contribution in [1.29, 1.82) is 0 Å². The van der Waals surface area contributed by atoms with Crippen LogP contribution in [0, 0.1) is 16.0 Å². The van der Waals surface area contributed by atoms with Crippen LogP contribution in [0.3, 0.4) is 0 Å². The summed E-state index contributed by atoms with van der Waals surface area (Å²) in [7, 11) is 0. The molecule has 0 fully saturated rings. The van der Waals surface area contributed by atoms with Crippen LogP contribution in [0.1, 0.15) is 34.1 Å². The van der Waals surface area contributed by atoms with Gasteiger partial charge in [-0.25, -0.2) is 0 Å². The molecule has 21 heavy (non-hydrogen) atoms. The number of hydrogen-bond acceptors (Lipinski definition) is 5. The van der Waals surface area contributed by atoms with Gasteiger partial charge in [-0.1, -0.05) is 20.3 Å². The molecule has 1 aromatic heterocycles. The van der Waals surface area contributed by atoms with Crippen molar-refractivity contribution < 1.29 is 14.8 Å². The van der Waals surface area contributed by atoms with E-state index in [0.717, 1.165) is 12.6 Å². The van der Waals surface area contributed by atoms with E-state index < -0.39 is 16.6 Å². The van der Waals surface area contributed by atoms with Crippen LogP contribution >= 0.6 is 0 Å². The first-order valence-corrected chi connectivity index (χ1v) is 6.86. The number of carbonyl (C=O) groups excluding carboxylic acids is 1. The maximum atomic E-state index is 12.2. The van der Waals surface area contributed by atoms with E-state index in [2.05, 4.69) is 10.4 Å². The Morgan fingerprint density at radius 3 is 2.71 bits per heavy atom. The molecule has 1 rings (SSSR count). The number of nitrogens with zero attached hydrogens (tertiary/aromatic N) is 3. The van der Waals surface area contributed by atoms with Crippen molar-refractivity contribution in [1.82, 2.24) is 15.1 Å². The lowest BCUT2D eigenvalue weighted by molar-refractivity contribution is -0.385.